The van der Waals surface area contributed by atoms with E-state index in [0.717, 1.165) is 22.7 Å². The largest absolute Gasteiger partial charge is 0.497 e. The van der Waals surface area contributed by atoms with Crippen molar-refractivity contribution in [1.82, 2.24) is 14.5 Å². The van der Waals surface area contributed by atoms with Gasteiger partial charge in [0.15, 0.2) is 0 Å². The Hall–Kier alpha value is -3.76. The van der Waals surface area contributed by atoms with Crippen LogP contribution >= 0.6 is 0 Å². The van der Waals surface area contributed by atoms with Crippen molar-refractivity contribution in [2.75, 3.05) is 18.3 Å². The van der Waals surface area contributed by atoms with Crippen molar-refractivity contribution in [2.45, 2.75) is 19.0 Å². The average molecular weight is 509 g/mol. The second kappa shape index (κ2) is 9.03. The minimum Gasteiger partial charge on any atom is -0.497 e. The third-order valence-corrected chi connectivity index (χ3v) is 7.19. The van der Waals surface area contributed by atoms with Gasteiger partial charge in [0.25, 0.3) is 0 Å². The number of hydrogen-bond donors (Lipinski definition) is 1. The van der Waals surface area contributed by atoms with Gasteiger partial charge in [-0.15, -0.1) is 0 Å². The molecule has 0 bridgehead atoms. The van der Waals surface area contributed by atoms with Crippen molar-refractivity contribution in [1.29, 1.82) is 0 Å². The van der Waals surface area contributed by atoms with E-state index in [4.69, 9.17) is 4.74 Å². The molecule has 0 aliphatic carbocycles. The topological polar surface area (TPSA) is 93.5 Å². The third-order valence-electron chi connectivity index (χ3n) is 6.49. The Morgan fingerprint density at radius 1 is 1.00 bits per heavy atom. The quantitative estimate of drug-likeness (QED) is 0.428. The van der Waals surface area contributed by atoms with E-state index < -0.39 is 28.0 Å². The number of amides is 1. The molecule has 0 saturated carbocycles. The van der Waals surface area contributed by atoms with Crippen LogP contribution < -0.4 is 14.4 Å². The maximum Gasteiger partial charge on any atom is 0.232 e. The van der Waals surface area contributed by atoms with Crippen LogP contribution in [0.1, 0.15) is 18.5 Å². The van der Waals surface area contributed by atoms with Gasteiger partial charge >= 0.3 is 0 Å². The van der Waals surface area contributed by atoms with E-state index in [-0.39, 0.29) is 11.7 Å². The van der Waals surface area contributed by atoms with Crippen molar-refractivity contribution in [3.05, 3.63) is 84.3 Å². The lowest BCUT2D eigenvalue weighted by Gasteiger charge is -2.29. The highest BCUT2D eigenvalue weighted by molar-refractivity contribution is 7.88. The summed E-state index contributed by atoms with van der Waals surface area (Å²) in [5.74, 6) is -0.461. The highest BCUT2D eigenvalue weighted by Crippen LogP contribution is 2.41. The number of carbonyl (C=O) groups is 1. The Kier molecular flexibility index (Phi) is 6.01. The number of anilines is 1. The number of benzene rings is 3. The monoisotopic (exact) mass is 508 g/mol. The molecule has 0 radical (unpaired) electrons. The Bertz CT molecular complexity index is 1530. The summed E-state index contributed by atoms with van der Waals surface area (Å²) in [5, 5.41) is 5.22. The molecule has 1 aliphatic heterocycles. The fraction of sp³-hybridized carbons (Fsp3) is 0.231. The first-order valence-corrected chi connectivity index (χ1v) is 13.2. The van der Waals surface area contributed by atoms with Gasteiger partial charge in [-0.1, -0.05) is 19.1 Å². The molecule has 3 unspecified atom stereocenters. The number of rotatable bonds is 6. The zero-order valence-corrected chi connectivity index (χ0v) is 20.7. The first kappa shape index (κ1) is 24.0. The standard InChI is InChI=1S/C26H25FN4O4S/c1-16-24(29-36(3,33)34)25(17-4-11-22(35-2)12-5-17)30(26(16)32)21-10-13-23-18(14-21)15-28-31(23)20-8-6-19(27)7-9-20/h4-16,24-25,29H,1-3H3. The SMILES string of the molecule is COc1ccc(C2C(NS(C)(=O)=O)C(C)C(=O)N2c2ccc3c(cnn3-c3ccc(F)cc3)c2)cc1. The Labute approximate surface area is 208 Å². The lowest BCUT2D eigenvalue weighted by atomic mass is 9.95. The lowest BCUT2D eigenvalue weighted by molar-refractivity contribution is -0.120. The van der Waals surface area contributed by atoms with E-state index in [9.17, 15) is 17.6 Å². The zero-order chi connectivity index (χ0) is 25.6. The molecule has 4 aromatic rings. The lowest BCUT2D eigenvalue weighted by Crippen LogP contribution is -2.41. The molecule has 3 atom stereocenters. The number of hydrogen-bond acceptors (Lipinski definition) is 5. The van der Waals surface area contributed by atoms with Crippen molar-refractivity contribution < 1.29 is 22.3 Å². The number of nitrogens with one attached hydrogen (secondary N) is 1. The highest BCUT2D eigenvalue weighted by Gasteiger charge is 2.48. The van der Waals surface area contributed by atoms with Gasteiger partial charge in [0.1, 0.15) is 11.6 Å². The third kappa shape index (κ3) is 4.33. The molecule has 3 aromatic carbocycles. The number of ether oxygens (including phenoxy) is 1. The Balaban J connectivity index is 1.59. The van der Waals surface area contributed by atoms with Crippen LogP contribution in [0.2, 0.25) is 0 Å². The van der Waals surface area contributed by atoms with Gasteiger partial charge in [-0.2, -0.15) is 5.10 Å². The fourth-order valence-corrected chi connectivity index (χ4v) is 5.59. The molecule has 10 heteroatoms. The number of fused-ring (bicyclic) bond motifs is 1. The molecule has 186 valence electrons. The number of aromatic nitrogens is 2. The van der Waals surface area contributed by atoms with Crippen LogP contribution in [0.15, 0.2) is 72.9 Å². The molecule has 2 heterocycles. The van der Waals surface area contributed by atoms with Crippen LogP contribution in [0.4, 0.5) is 10.1 Å². The maximum atomic E-state index is 13.5. The van der Waals surface area contributed by atoms with E-state index in [1.807, 2.05) is 30.3 Å². The van der Waals surface area contributed by atoms with Crippen LogP contribution in [0.5, 0.6) is 5.75 Å². The van der Waals surface area contributed by atoms with Crippen LogP contribution in [-0.2, 0) is 14.8 Å². The number of sulfonamides is 1. The van der Waals surface area contributed by atoms with Gasteiger partial charge in [-0.3, -0.25) is 4.79 Å². The van der Waals surface area contributed by atoms with Crippen LogP contribution in [0.25, 0.3) is 16.6 Å². The molecule has 5 rings (SSSR count). The van der Waals surface area contributed by atoms with E-state index in [2.05, 4.69) is 9.82 Å². The van der Waals surface area contributed by atoms with Crippen LogP contribution in [-0.4, -0.2) is 43.5 Å². The molecule has 1 N–H and O–H groups in total. The number of nitrogens with zero attached hydrogens (tertiary/aromatic N) is 3. The van der Waals surface area contributed by atoms with Crippen molar-refractivity contribution in [3.8, 4) is 11.4 Å². The molecule has 1 aliphatic rings. The minimum absolute atomic E-state index is 0.192. The zero-order valence-electron chi connectivity index (χ0n) is 19.9. The smallest absolute Gasteiger partial charge is 0.232 e. The van der Waals surface area contributed by atoms with E-state index >= 15 is 0 Å². The molecule has 1 amide bonds. The molecule has 8 nitrogen and oxygen atoms in total. The average Bonchev–Trinajstić information content (AvgIpc) is 3.38. The molecule has 0 spiro atoms. The van der Waals surface area contributed by atoms with Crippen molar-refractivity contribution in [3.63, 3.8) is 0 Å². The molecule has 1 aromatic heterocycles. The summed E-state index contributed by atoms with van der Waals surface area (Å²) in [5.41, 5.74) is 2.89. The van der Waals surface area contributed by atoms with Gasteiger partial charge in [0.05, 0.1) is 48.8 Å². The number of halogens is 1. The predicted molar refractivity (Wildman–Crippen MR) is 135 cm³/mol. The number of carbonyl (C=O) groups excluding carboxylic acids is 1. The fourth-order valence-electron chi connectivity index (χ4n) is 4.76. The van der Waals surface area contributed by atoms with Crippen LogP contribution in [0, 0.1) is 11.7 Å². The number of methoxy groups -OCH3 is 1. The second-order valence-electron chi connectivity index (χ2n) is 8.91. The first-order valence-electron chi connectivity index (χ1n) is 11.3. The van der Waals surface area contributed by atoms with E-state index in [1.165, 1.54) is 12.1 Å². The summed E-state index contributed by atoms with van der Waals surface area (Å²) in [4.78, 5) is 15.2. The Morgan fingerprint density at radius 3 is 2.31 bits per heavy atom. The summed E-state index contributed by atoms with van der Waals surface area (Å²) in [6, 6.07) is 17.5. The summed E-state index contributed by atoms with van der Waals surface area (Å²) < 4.78 is 47.4. The summed E-state index contributed by atoms with van der Waals surface area (Å²) in [6.45, 7) is 1.73. The maximum absolute atomic E-state index is 13.5. The van der Waals surface area contributed by atoms with Gasteiger partial charge in [0.2, 0.25) is 15.9 Å². The van der Waals surface area contributed by atoms with Crippen molar-refractivity contribution in [2.24, 2.45) is 5.92 Å². The summed E-state index contributed by atoms with van der Waals surface area (Å²) in [7, 11) is -2.01. The second-order valence-corrected chi connectivity index (χ2v) is 10.7. The van der Waals surface area contributed by atoms with E-state index in [1.54, 1.807) is 54.1 Å². The molecule has 36 heavy (non-hydrogen) atoms. The molecular formula is C26H25FN4O4S. The minimum atomic E-state index is -3.58. The van der Waals surface area contributed by atoms with Gasteiger partial charge in [-0.25, -0.2) is 22.2 Å². The molecule has 1 saturated heterocycles. The van der Waals surface area contributed by atoms with Gasteiger partial charge < -0.3 is 9.64 Å². The summed E-state index contributed by atoms with van der Waals surface area (Å²) in [6.07, 6.45) is 2.77. The van der Waals surface area contributed by atoms with Crippen molar-refractivity contribution >= 4 is 32.5 Å². The van der Waals surface area contributed by atoms with Crippen LogP contribution in [0.3, 0.4) is 0 Å². The van der Waals surface area contributed by atoms with E-state index in [0.29, 0.717) is 17.1 Å². The van der Waals surface area contributed by atoms with Gasteiger partial charge in [-0.05, 0) is 60.2 Å². The Morgan fingerprint density at radius 2 is 1.67 bits per heavy atom. The highest BCUT2D eigenvalue weighted by atomic mass is 32.2. The molecular weight excluding hydrogens is 483 g/mol. The first-order chi connectivity index (χ1) is 17.2. The normalized spacial score (nSPS) is 20.3. The van der Waals surface area contributed by atoms with Gasteiger partial charge in [0, 0.05) is 11.1 Å². The predicted octanol–water partition coefficient (Wildman–Crippen LogP) is 3.82. The summed E-state index contributed by atoms with van der Waals surface area (Å²) >= 11 is 0. The molecule has 1 fully saturated rings.